The molecule has 6 atom stereocenters. The highest BCUT2D eigenvalue weighted by Gasteiger charge is 2.70. The lowest BCUT2D eigenvalue weighted by Crippen LogP contribution is -2.61. The van der Waals surface area contributed by atoms with Crippen LogP contribution in [0.4, 0.5) is 18.9 Å². The Morgan fingerprint density at radius 1 is 1.20 bits per heavy atom. The third-order valence-electron chi connectivity index (χ3n) is 8.75. The number of nitrogens with zero attached hydrogens (tertiary/aromatic N) is 2. The van der Waals surface area contributed by atoms with Gasteiger partial charge in [-0.1, -0.05) is 52.3 Å². The Morgan fingerprint density at radius 2 is 1.85 bits per heavy atom. The topological polar surface area (TPSA) is 131 Å². The van der Waals surface area contributed by atoms with Crippen molar-refractivity contribution in [1.82, 2.24) is 15.5 Å². The van der Waals surface area contributed by atoms with Crippen molar-refractivity contribution in [2.75, 3.05) is 11.9 Å². The summed E-state index contributed by atoms with van der Waals surface area (Å²) in [5.74, 6) is -4.78. The molecule has 12 heteroatoms. The van der Waals surface area contributed by atoms with Crippen molar-refractivity contribution in [3.63, 3.8) is 0 Å². The van der Waals surface area contributed by atoms with Crippen LogP contribution in [-0.4, -0.2) is 59.4 Å². The van der Waals surface area contributed by atoms with E-state index in [0.29, 0.717) is 12.1 Å². The smallest absolute Gasteiger partial charge is 0.339 e. The second kappa shape index (κ2) is 10.3. The summed E-state index contributed by atoms with van der Waals surface area (Å²) < 4.78 is 39.2. The van der Waals surface area contributed by atoms with E-state index in [2.05, 4.69) is 10.6 Å². The summed E-state index contributed by atoms with van der Waals surface area (Å²) in [6, 6.07) is 4.11. The Labute approximate surface area is 237 Å². The lowest BCUT2D eigenvalue weighted by atomic mass is 9.85. The highest BCUT2D eigenvalue weighted by molar-refractivity contribution is 5.96. The van der Waals surface area contributed by atoms with Crippen LogP contribution in [0.25, 0.3) is 0 Å². The van der Waals surface area contributed by atoms with Crippen molar-refractivity contribution >= 4 is 29.3 Å². The summed E-state index contributed by atoms with van der Waals surface area (Å²) in [6.07, 6.45) is -4.74. The summed E-state index contributed by atoms with van der Waals surface area (Å²) in [5, 5.41) is 17.2. The minimum atomic E-state index is -5.18. The fraction of sp³-hybridized carbons (Fsp3) is 0.621. The van der Waals surface area contributed by atoms with Crippen LogP contribution < -0.4 is 16.0 Å². The predicted molar refractivity (Wildman–Crippen MR) is 143 cm³/mol. The molecular formula is C29H36F3N5O4. The number of carbonyl (C=O) groups is 4. The lowest BCUT2D eigenvalue weighted by Gasteiger charge is -2.38. The monoisotopic (exact) mass is 575 g/mol. The number of hydrogen-bond donors (Lipinski definition) is 3. The van der Waals surface area contributed by atoms with Crippen LogP contribution in [0, 0.1) is 46.8 Å². The molecule has 4 amide bonds. The Hall–Kier alpha value is -3.62. The van der Waals surface area contributed by atoms with Gasteiger partial charge in [0.05, 0.1) is 6.07 Å². The van der Waals surface area contributed by atoms with Crippen molar-refractivity contribution < 1.29 is 32.3 Å². The van der Waals surface area contributed by atoms with Crippen LogP contribution in [0.3, 0.4) is 0 Å². The number of amides is 4. The fourth-order valence-electron chi connectivity index (χ4n) is 6.32. The van der Waals surface area contributed by atoms with Crippen molar-refractivity contribution in [2.24, 2.45) is 28.6 Å². The summed E-state index contributed by atoms with van der Waals surface area (Å²) in [5.41, 5.74) is 1.29. The maximum Gasteiger partial charge on any atom is 0.471 e. The standard InChI is InChI=1S/C29H36F3N5O4/c1-14-7-8-19-15(9-14)10-16(23(38)35-19)11-17(12-33)34-24(39)21-20-18(28(20,5)6)13-37(21)25(40)22(27(2,3)4)36-26(41)29(30,31)32/h7-9,16-18,20-22H,10-11,13H2,1-6H3,(H,34,39)(H,35,38)(H,36,41)/t16?,17-,18+,20-,21+,22-/m1/s1. The molecule has 1 saturated carbocycles. The second-order valence-corrected chi connectivity index (χ2v) is 13.1. The number of fused-ring (bicyclic) bond motifs is 2. The van der Waals surface area contributed by atoms with Gasteiger partial charge in [-0.25, -0.2) is 0 Å². The predicted octanol–water partition coefficient (Wildman–Crippen LogP) is 3.08. The Bertz CT molecular complexity index is 1310. The van der Waals surface area contributed by atoms with Crippen molar-refractivity contribution in [3.8, 4) is 6.07 Å². The number of halogens is 3. The van der Waals surface area contributed by atoms with Crippen molar-refractivity contribution in [1.29, 1.82) is 5.26 Å². The molecular weight excluding hydrogens is 539 g/mol. The van der Waals surface area contributed by atoms with Gasteiger partial charge in [0.25, 0.3) is 0 Å². The first-order chi connectivity index (χ1) is 18.9. The van der Waals surface area contributed by atoms with Crippen LogP contribution in [0.5, 0.6) is 0 Å². The molecule has 222 valence electrons. The van der Waals surface area contributed by atoms with Gasteiger partial charge in [0.15, 0.2) is 0 Å². The van der Waals surface area contributed by atoms with Gasteiger partial charge in [-0.15, -0.1) is 0 Å². The summed E-state index contributed by atoms with van der Waals surface area (Å²) >= 11 is 0. The largest absolute Gasteiger partial charge is 0.471 e. The number of alkyl halides is 3. The number of anilines is 1. The minimum Gasteiger partial charge on any atom is -0.339 e. The number of carbonyl (C=O) groups excluding carboxylic acids is 4. The van der Waals surface area contributed by atoms with E-state index < -0.39 is 53.4 Å². The molecule has 9 nitrogen and oxygen atoms in total. The normalized spacial score (nSPS) is 26.0. The molecule has 4 rings (SSSR count). The van der Waals surface area contributed by atoms with E-state index in [1.165, 1.54) is 25.7 Å². The maximum absolute atomic E-state index is 13.7. The zero-order chi connectivity index (χ0) is 30.7. The van der Waals surface area contributed by atoms with Gasteiger partial charge in [-0.3, -0.25) is 19.2 Å². The maximum atomic E-state index is 13.7. The van der Waals surface area contributed by atoms with E-state index in [-0.39, 0.29) is 36.1 Å². The van der Waals surface area contributed by atoms with Gasteiger partial charge in [0.1, 0.15) is 18.1 Å². The fourth-order valence-corrected chi connectivity index (χ4v) is 6.32. The molecule has 0 aromatic heterocycles. The van der Waals surface area contributed by atoms with E-state index in [1.807, 2.05) is 50.4 Å². The molecule has 3 aliphatic rings. The zero-order valence-corrected chi connectivity index (χ0v) is 24.0. The molecule has 0 bridgehead atoms. The molecule has 2 fully saturated rings. The van der Waals surface area contributed by atoms with Gasteiger partial charge in [0.2, 0.25) is 17.7 Å². The van der Waals surface area contributed by atoms with E-state index in [9.17, 15) is 37.6 Å². The van der Waals surface area contributed by atoms with Crippen LogP contribution >= 0.6 is 0 Å². The lowest BCUT2D eigenvalue weighted by molar-refractivity contribution is -0.176. The summed E-state index contributed by atoms with van der Waals surface area (Å²) in [7, 11) is 0. The van der Waals surface area contributed by atoms with E-state index >= 15 is 0 Å². The van der Waals surface area contributed by atoms with Gasteiger partial charge in [0, 0.05) is 18.2 Å². The first kappa shape index (κ1) is 30.3. The number of hydrogen-bond acceptors (Lipinski definition) is 5. The number of piperidine rings is 1. The third-order valence-corrected chi connectivity index (χ3v) is 8.75. The molecule has 2 heterocycles. The SMILES string of the molecule is Cc1ccc2c(c1)CC(C[C@H](C#N)NC(=O)[C@@H]1[C@H]3[C@H](CN1C(=O)[C@@H](NC(=O)C(F)(F)F)C(C)(C)C)C3(C)C)C(=O)N2. The molecule has 1 unspecified atom stereocenters. The highest BCUT2D eigenvalue weighted by Crippen LogP contribution is 2.65. The van der Waals surface area contributed by atoms with Gasteiger partial charge in [-0.05, 0) is 54.1 Å². The third kappa shape index (κ3) is 5.90. The highest BCUT2D eigenvalue weighted by atomic mass is 19.4. The molecule has 0 radical (unpaired) electrons. The average molecular weight is 576 g/mol. The van der Waals surface area contributed by atoms with Crippen LogP contribution in [0.15, 0.2) is 18.2 Å². The molecule has 41 heavy (non-hydrogen) atoms. The van der Waals surface area contributed by atoms with Gasteiger partial charge in [-0.2, -0.15) is 18.4 Å². The van der Waals surface area contributed by atoms with E-state index in [0.717, 1.165) is 11.1 Å². The number of nitriles is 1. The van der Waals surface area contributed by atoms with E-state index in [1.54, 1.807) is 0 Å². The first-order valence-corrected chi connectivity index (χ1v) is 13.6. The van der Waals surface area contributed by atoms with Crippen molar-refractivity contribution in [3.05, 3.63) is 29.3 Å². The van der Waals surface area contributed by atoms with E-state index in [4.69, 9.17) is 0 Å². The Kier molecular flexibility index (Phi) is 7.65. The number of rotatable bonds is 6. The second-order valence-electron chi connectivity index (χ2n) is 13.1. The molecule has 2 aliphatic heterocycles. The Morgan fingerprint density at radius 3 is 2.44 bits per heavy atom. The molecule has 3 N–H and O–H groups in total. The molecule has 1 aromatic carbocycles. The first-order valence-electron chi connectivity index (χ1n) is 13.6. The number of benzene rings is 1. The average Bonchev–Trinajstić information content (AvgIpc) is 3.19. The van der Waals surface area contributed by atoms with Crippen molar-refractivity contribution in [2.45, 2.75) is 78.7 Å². The minimum absolute atomic E-state index is 0.0475. The van der Waals surface area contributed by atoms with Crippen LogP contribution in [-0.2, 0) is 25.6 Å². The van der Waals surface area contributed by atoms with Gasteiger partial charge < -0.3 is 20.9 Å². The van der Waals surface area contributed by atoms with Crippen LogP contribution in [0.2, 0.25) is 0 Å². The number of nitrogens with one attached hydrogen (secondary N) is 3. The molecule has 1 saturated heterocycles. The van der Waals surface area contributed by atoms with Crippen LogP contribution in [0.1, 0.15) is 52.2 Å². The number of likely N-dealkylation sites (tertiary alicyclic amines) is 1. The molecule has 0 spiro atoms. The Balaban J connectivity index is 1.52. The molecule has 1 aromatic rings. The quantitative estimate of drug-likeness (QED) is 0.480. The summed E-state index contributed by atoms with van der Waals surface area (Å²) in [4.78, 5) is 53.1. The summed E-state index contributed by atoms with van der Waals surface area (Å²) in [6.45, 7) is 10.6. The zero-order valence-electron chi connectivity index (χ0n) is 24.0. The number of aryl methyl sites for hydroxylation is 1. The van der Waals surface area contributed by atoms with Gasteiger partial charge >= 0.3 is 12.1 Å². The molecule has 1 aliphatic carbocycles.